The molecule has 302 valence electrons. The molecule has 0 N–H and O–H groups in total. The molecule has 4 aliphatic carbocycles. The van der Waals surface area contributed by atoms with Crippen LogP contribution in [0.4, 0.5) is 11.4 Å². The number of rotatable bonds is 6. The molecule has 0 radical (unpaired) electrons. The Bertz CT molecular complexity index is 2100. The van der Waals surface area contributed by atoms with Crippen molar-refractivity contribution in [1.29, 1.82) is 0 Å². The predicted molar refractivity (Wildman–Crippen MR) is 248 cm³/mol. The van der Waals surface area contributed by atoms with Gasteiger partial charge in [-0.3, -0.25) is 0 Å². The topological polar surface area (TPSA) is 6.48 Å². The molecule has 0 bridgehead atoms. The number of hydrogen-bond acceptors (Lipinski definition) is 2. The molecule has 1 unspecified atom stereocenters. The second-order valence-corrected chi connectivity index (χ2v) is 21.3. The number of benzene rings is 4. The van der Waals surface area contributed by atoms with Crippen molar-refractivity contribution in [1.82, 2.24) is 0 Å². The van der Waals surface area contributed by atoms with Crippen molar-refractivity contribution >= 4 is 30.4 Å². The molecule has 4 heteroatoms. The van der Waals surface area contributed by atoms with E-state index in [0.29, 0.717) is 5.66 Å². The molecule has 1 heterocycles. The van der Waals surface area contributed by atoms with Crippen LogP contribution < -0.4 is 9.80 Å². The van der Waals surface area contributed by atoms with Gasteiger partial charge in [-0.1, -0.05) is 136 Å². The summed E-state index contributed by atoms with van der Waals surface area (Å²) < 4.78 is 0. The molecular formula is C54H65N2PRu+2. The first-order chi connectivity index (χ1) is 27.8. The van der Waals surface area contributed by atoms with Crippen LogP contribution in [0.1, 0.15) is 134 Å². The SMILES string of the molecule is Cc1cc(C)c(N2CCN(c3c(C)cc(C)cc3C)C2=C2CCCC(P(C3CCCCC3)C3CCCCC3)C2=C2C=C(c3ccccc3)c3ccccc32)c(C)c1.[Ru+2]. The fourth-order valence-corrected chi connectivity index (χ4v) is 16.8. The van der Waals surface area contributed by atoms with E-state index in [-0.39, 0.29) is 27.4 Å². The van der Waals surface area contributed by atoms with Crippen LogP contribution in [0, 0.1) is 41.5 Å². The Hall–Kier alpha value is -3.25. The molecule has 0 amide bonds. The fraction of sp³-hybridized carbons (Fsp3) is 0.444. The van der Waals surface area contributed by atoms with Crippen molar-refractivity contribution < 1.29 is 19.5 Å². The van der Waals surface area contributed by atoms with E-state index in [2.05, 4.69) is 136 Å². The molecule has 4 fully saturated rings. The molecule has 0 aromatic heterocycles. The number of hydrogen-bond donors (Lipinski definition) is 0. The third kappa shape index (κ3) is 7.78. The van der Waals surface area contributed by atoms with E-state index in [4.69, 9.17) is 0 Å². The Kier molecular flexibility index (Phi) is 12.7. The van der Waals surface area contributed by atoms with Crippen LogP contribution in [0.25, 0.3) is 11.1 Å². The normalized spacial score (nSPS) is 21.8. The molecule has 1 aliphatic heterocycles. The van der Waals surface area contributed by atoms with E-state index in [0.717, 1.165) is 30.8 Å². The molecule has 1 atom stereocenters. The molecule has 3 saturated carbocycles. The van der Waals surface area contributed by atoms with Crippen LogP contribution in [0.2, 0.25) is 0 Å². The van der Waals surface area contributed by atoms with Crippen LogP contribution >= 0.6 is 7.92 Å². The Labute approximate surface area is 364 Å². The maximum absolute atomic E-state index is 2.80. The summed E-state index contributed by atoms with van der Waals surface area (Å²) in [6, 6.07) is 30.4. The van der Waals surface area contributed by atoms with Crippen LogP contribution in [-0.4, -0.2) is 30.1 Å². The van der Waals surface area contributed by atoms with Crippen LogP contribution in [0.5, 0.6) is 0 Å². The maximum Gasteiger partial charge on any atom is 2.00 e. The Morgan fingerprint density at radius 3 is 1.53 bits per heavy atom. The Morgan fingerprint density at radius 1 is 0.534 bits per heavy atom. The zero-order chi connectivity index (χ0) is 39.2. The smallest absolute Gasteiger partial charge is 0.325 e. The standard InChI is InChI=1S/C54H65N2P.Ru/c1-36-31-38(3)52(39(4)32-36)55-29-30-56(53-40(5)33-37(2)34-41(53)6)54(55)47-27-18-28-50(57(43-21-12-8-13-22-43)44-23-14-9-15-24-44)51(47)49-35-48(42-19-10-7-11-20-42)45-25-16-17-26-46(45)49;/h7,10-11,16-17,19-20,25-26,31-35,43-44,50H,8-9,12-15,18,21-24,27-30H2,1-6H3;/q;+2. The first kappa shape index (κ1) is 41.5. The first-order valence-electron chi connectivity index (χ1n) is 22.6. The van der Waals surface area contributed by atoms with Gasteiger partial charge >= 0.3 is 19.5 Å². The van der Waals surface area contributed by atoms with E-state index in [1.165, 1.54) is 155 Å². The molecule has 9 rings (SSSR count). The number of allylic oxidation sites excluding steroid dienone is 4. The van der Waals surface area contributed by atoms with Gasteiger partial charge in [0.05, 0.1) is 0 Å². The van der Waals surface area contributed by atoms with Crippen molar-refractivity contribution in [2.24, 2.45) is 0 Å². The zero-order valence-electron chi connectivity index (χ0n) is 36.1. The first-order valence-corrected chi connectivity index (χ1v) is 24.2. The molecule has 4 aromatic carbocycles. The van der Waals surface area contributed by atoms with Crippen molar-refractivity contribution in [3.05, 3.63) is 152 Å². The minimum Gasteiger partial charge on any atom is -0.325 e. The van der Waals surface area contributed by atoms with E-state index in [9.17, 15) is 0 Å². The van der Waals surface area contributed by atoms with Gasteiger partial charge in [-0.15, -0.1) is 0 Å². The van der Waals surface area contributed by atoms with Crippen molar-refractivity contribution in [2.75, 3.05) is 22.9 Å². The van der Waals surface area contributed by atoms with Crippen molar-refractivity contribution in [2.45, 2.75) is 142 Å². The van der Waals surface area contributed by atoms with Gasteiger partial charge in [0.25, 0.3) is 0 Å². The molecule has 0 spiro atoms. The quantitative estimate of drug-likeness (QED) is 0.141. The largest absolute Gasteiger partial charge is 2.00 e. The van der Waals surface area contributed by atoms with Crippen molar-refractivity contribution in [3.8, 4) is 0 Å². The molecule has 4 aromatic rings. The second kappa shape index (κ2) is 17.8. The zero-order valence-corrected chi connectivity index (χ0v) is 38.7. The van der Waals surface area contributed by atoms with Gasteiger partial charge < -0.3 is 9.80 Å². The monoisotopic (exact) mass is 874 g/mol. The Balaban J connectivity index is 0.00000469. The minimum atomic E-state index is -0.198. The summed E-state index contributed by atoms with van der Waals surface area (Å²) in [5.41, 5.74) is 24.1. The van der Waals surface area contributed by atoms with Crippen LogP contribution in [-0.2, 0) is 19.5 Å². The number of nitrogens with zero attached hydrogens (tertiary/aromatic N) is 2. The summed E-state index contributed by atoms with van der Waals surface area (Å²) in [6.07, 6.45) is 20.9. The van der Waals surface area contributed by atoms with Gasteiger partial charge in [0.2, 0.25) is 0 Å². The second-order valence-electron chi connectivity index (χ2n) is 18.3. The minimum absolute atomic E-state index is 0. The van der Waals surface area contributed by atoms with Gasteiger partial charge in [-0.2, -0.15) is 0 Å². The summed E-state index contributed by atoms with van der Waals surface area (Å²) in [5.74, 6) is 1.48. The average Bonchev–Trinajstić information content (AvgIpc) is 3.80. The number of anilines is 2. The van der Waals surface area contributed by atoms with Crippen LogP contribution in [0.3, 0.4) is 0 Å². The summed E-state index contributed by atoms with van der Waals surface area (Å²) in [4.78, 5) is 5.60. The third-order valence-corrected chi connectivity index (χ3v) is 18.2. The Morgan fingerprint density at radius 2 is 1.02 bits per heavy atom. The third-order valence-electron chi connectivity index (χ3n) is 14.2. The molecule has 2 nitrogen and oxygen atoms in total. The number of fused-ring (bicyclic) bond motifs is 1. The van der Waals surface area contributed by atoms with E-state index in [1.807, 2.05) is 0 Å². The maximum atomic E-state index is 2.80. The summed E-state index contributed by atoms with van der Waals surface area (Å²) in [6.45, 7) is 16.0. The molecule has 58 heavy (non-hydrogen) atoms. The molecule has 5 aliphatic rings. The van der Waals surface area contributed by atoms with Gasteiger partial charge in [0.1, 0.15) is 5.82 Å². The summed E-state index contributed by atoms with van der Waals surface area (Å²) >= 11 is 0. The average molecular weight is 874 g/mol. The fourth-order valence-electron chi connectivity index (χ4n) is 12.2. The summed E-state index contributed by atoms with van der Waals surface area (Å²) in [5, 5.41) is 0. The van der Waals surface area contributed by atoms with E-state index >= 15 is 0 Å². The van der Waals surface area contributed by atoms with Gasteiger partial charge in [0, 0.05) is 30.1 Å². The number of aryl methyl sites for hydroxylation is 6. The van der Waals surface area contributed by atoms with Crippen molar-refractivity contribution in [3.63, 3.8) is 0 Å². The van der Waals surface area contributed by atoms with Gasteiger partial charge in [0.15, 0.2) is 0 Å². The molecule has 1 saturated heterocycles. The van der Waals surface area contributed by atoms with Crippen LogP contribution in [0.15, 0.2) is 102 Å². The van der Waals surface area contributed by atoms with Gasteiger partial charge in [-0.05, 0) is 165 Å². The predicted octanol–water partition coefficient (Wildman–Crippen LogP) is 14.7. The van der Waals surface area contributed by atoms with Gasteiger partial charge in [-0.25, -0.2) is 0 Å². The van der Waals surface area contributed by atoms with E-state index < -0.39 is 0 Å². The van der Waals surface area contributed by atoms with E-state index in [1.54, 1.807) is 11.1 Å². The summed E-state index contributed by atoms with van der Waals surface area (Å²) in [7, 11) is -0.198. The molecular weight excluding hydrogens is 809 g/mol.